The zero-order valence-electron chi connectivity index (χ0n) is 10.3. The van der Waals surface area contributed by atoms with Crippen LogP contribution in [-0.4, -0.2) is 20.7 Å². The summed E-state index contributed by atoms with van der Waals surface area (Å²) in [6, 6.07) is 2.82. The van der Waals surface area contributed by atoms with E-state index in [1.165, 1.54) is 34.2 Å². The van der Waals surface area contributed by atoms with E-state index >= 15 is 0 Å². The molecule has 100 valence electrons. The lowest BCUT2D eigenvalue weighted by Crippen LogP contribution is -2.26. The number of anilines is 2. The Morgan fingerprint density at radius 3 is 2.95 bits per heavy atom. The van der Waals surface area contributed by atoms with Crippen LogP contribution in [0.1, 0.15) is 11.9 Å². The minimum Gasteiger partial charge on any atom is -0.398 e. The van der Waals surface area contributed by atoms with Crippen LogP contribution < -0.4 is 16.6 Å². The molecule has 8 heteroatoms. The quantitative estimate of drug-likeness (QED) is 0.847. The highest BCUT2D eigenvalue weighted by Gasteiger charge is 2.08. The SMILES string of the molecule is CCc1nnc(NC(=O)Cn2cc(N)ccc2=O)s1. The second kappa shape index (κ2) is 5.61. The third kappa shape index (κ3) is 3.38. The number of hydrogen-bond acceptors (Lipinski definition) is 6. The maximum atomic E-state index is 11.8. The zero-order chi connectivity index (χ0) is 13.8. The number of carbonyl (C=O) groups is 1. The molecule has 1 amide bonds. The number of amides is 1. The fourth-order valence-corrected chi connectivity index (χ4v) is 2.13. The Hall–Kier alpha value is -2.22. The number of hydrogen-bond donors (Lipinski definition) is 2. The molecule has 0 radical (unpaired) electrons. The van der Waals surface area contributed by atoms with Gasteiger partial charge in [-0.15, -0.1) is 10.2 Å². The van der Waals surface area contributed by atoms with E-state index in [2.05, 4.69) is 15.5 Å². The van der Waals surface area contributed by atoms with Crippen molar-refractivity contribution in [3.05, 3.63) is 33.7 Å². The van der Waals surface area contributed by atoms with E-state index in [-0.39, 0.29) is 18.0 Å². The largest absolute Gasteiger partial charge is 0.398 e. The number of carbonyl (C=O) groups excluding carboxylic acids is 1. The van der Waals surface area contributed by atoms with Gasteiger partial charge in [-0.1, -0.05) is 18.3 Å². The first-order valence-electron chi connectivity index (χ1n) is 5.66. The molecule has 3 N–H and O–H groups in total. The zero-order valence-corrected chi connectivity index (χ0v) is 11.1. The Labute approximate surface area is 113 Å². The van der Waals surface area contributed by atoms with Gasteiger partial charge in [0.2, 0.25) is 11.0 Å². The summed E-state index contributed by atoms with van der Waals surface area (Å²) in [5.74, 6) is -0.341. The van der Waals surface area contributed by atoms with E-state index in [0.29, 0.717) is 10.8 Å². The van der Waals surface area contributed by atoms with Crippen molar-refractivity contribution >= 4 is 28.1 Å². The second-order valence-electron chi connectivity index (χ2n) is 3.83. The maximum absolute atomic E-state index is 11.8. The van der Waals surface area contributed by atoms with Crippen molar-refractivity contribution < 1.29 is 4.79 Å². The summed E-state index contributed by atoms with van der Waals surface area (Å²) >= 11 is 1.31. The molecule has 2 aromatic rings. The topological polar surface area (TPSA) is 103 Å². The van der Waals surface area contributed by atoms with E-state index < -0.39 is 0 Å². The molecule has 0 aliphatic carbocycles. The Balaban J connectivity index is 2.05. The van der Waals surface area contributed by atoms with E-state index in [1.54, 1.807) is 0 Å². The Bertz CT molecular complexity index is 649. The van der Waals surface area contributed by atoms with Crippen LogP contribution in [0.2, 0.25) is 0 Å². The number of rotatable bonds is 4. The number of nitrogens with zero attached hydrogens (tertiary/aromatic N) is 3. The number of nitrogen functional groups attached to an aromatic ring is 1. The normalized spacial score (nSPS) is 10.4. The molecule has 2 aromatic heterocycles. The van der Waals surface area contributed by atoms with Crippen molar-refractivity contribution in [2.24, 2.45) is 0 Å². The summed E-state index contributed by atoms with van der Waals surface area (Å²) in [6.07, 6.45) is 2.20. The molecule has 0 aliphatic rings. The highest BCUT2D eigenvalue weighted by atomic mass is 32.1. The molecule has 0 atom stereocenters. The minimum atomic E-state index is -0.341. The Morgan fingerprint density at radius 1 is 1.47 bits per heavy atom. The summed E-state index contributed by atoms with van der Waals surface area (Å²) in [4.78, 5) is 23.3. The first-order valence-corrected chi connectivity index (χ1v) is 6.48. The fourth-order valence-electron chi connectivity index (χ4n) is 1.43. The van der Waals surface area contributed by atoms with Crippen LogP contribution in [0.5, 0.6) is 0 Å². The fraction of sp³-hybridized carbons (Fsp3) is 0.273. The van der Waals surface area contributed by atoms with Crippen LogP contribution in [0, 0.1) is 0 Å². The molecule has 0 aromatic carbocycles. The van der Waals surface area contributed by atoms with Gasteiger partial charge in [-0.05, 0) is 12.5 Å². The predicted molar refractivity (Wildman–Crippen MR) is 73.0 cm³/mol. The summed E-state index contributed by atoms with van der Waals surface area (Å²) in [5.41, 5.74) is 5.71. The van der Waals surface area contributed by atoms with E-state index in [0.717, 1.165) is 11.4 Å². The number of aromatic nitrogens is 3. The summed E-state index contributed by atoms with van der Waals surface area (Å²) in [7, 11) is 0. The Kier molecular flexibility index (Phi) is 3.91. The third-order valence-electron chi connectivity index (χ3n) is 2.34. The summed E-state index contributed by atoms with van der Waals surface area (Å²) in [5, 5.41) is 11.6. The van der Waals surface area contributed by atoms with Gasteiger partial charge < -0.3 is 10.3 Å². The van der Waals surface area contributed by atoms with Crippen LogP contribution in [0.4, 0.5) is 10.8 Å². The average Bonchev–Trinajstić information content (AvgIpc) is 2.81. The van der Waals surface area contributed by atoms with Crippen LogP contribution in [0.25, 0.3) is 0 Å². The van der Waals surface area contributed by atoms with Gasteiger partial charge in [-0.25, -0.2) is 0 Å². The van der Waals surface area contributed by atoms with E-state index in [9.17, 15) is 9.59 Å². The highest BCUT2D eigenvalue weighted by molar-refractivity contribution is 7.15. The van der Waals surface area contributed by atoms with Gasteiger partial charge in [0.15, 0.2) is 0 Å². The number of aryl methyl sites for hydroxylation is 1. The number of nitrogens with two attached hydrogens (primary N) is 1. The molecule has 0 fully saturated rings. The van der Waals surface area contributed by atoms with Crippen molar-refractivity contribution in [1.29, 1.82) is 0 Å². The highest BCUT2D eigenvalue weighted by Crippen LogP contribution is 2.15. The number of pyridine rings is 1. The van der Waals surface area contributed by atoms with Gasteiger partial charge in [-0.2, -0.15) is 0 Å². The summed E-state index contributed by atoms with van der Waals surface area (Å²) in [6.45, 7) is 1.85. The minimum absolute atomic E-state index is 0.106. The van der Waals surface area contributed by atoms with Gasteiger partial charge in [-0.3, -0.25) is 14.9 Å². The van der Waals surface area contributed by atoms with Gasteiger partial charge in [0.1, 0.15) is 11.6 Å². The molecular formula is C11H13N5O2S. The predicted octanol–water partition coefficient (Wildman–Crippen LogP) is 0.483. The van der Waals surface area contributed by atoms with Crippen LogP contribution >= 0.6 is 11.3 Å². The molecule has 0 unspecified atom stereocenters. The second-order valence-corrected chi connectivity index (χ2v) is 4.89. The van der Waals surface area contributed by atoms with Gasteiger partial charge >= 0.3 is 0 Å². The maximum Gasteiger partial charge on any atom is 0.251 e. The van der Waals surface area contributed by atoms with Crippen LogP contribution in [-0.2, 0) is 17.8 Å². The average molecular weight is 279 g/mol. The molecule has 0 saturated heterocycles. The summed E-state index contributed by atoms with van der Waals surface area (Å²) < 4.78 is 1.24. The van der Waals surface area contributed by atoms with Crippen molar-refractivity contribution in [2.45, 2.75) is 19.9 Å². The van der Waals surface area contributed by atoms with Gasteiger partial charge in [0.05, 0.1) is 0 Å². The lowest BCUT2D eigenvalue weighted by atomic mass is 10.4. The molecule has 19 heavy (non-hydrogen) atoms. The molecular weight excluding hydrogens is 266 g/mol. The molecule has 7 nitrogen and oxygen atoms in total. The monoisotopic (exact) mass is 279 g/mol. The first-order chi connectivity index (χ1) is 9.08. The van der Waals surface area contributed by atoms with Crippen molar-refractivity contribution in [2.75, 3.05) is 11.1 Å². The molecule has 0 saturated carbocycles. The smallest absolute Gasteiger partial charge is 0.251 e. The lowest BCUT2D eigenvalue weighted by molar-refractivity contribution is -0.116. The standard InChI is InChI=1S/C11H13N5O2S/c1-2-9-14-15-11(19-9)13-8(17)6-16-5-7(12)3-4-10(16)18/h3-5H,2,6,12H2,1H3,(H,13,15,17). The van der Waals surface area contributed by atoms with Crippen molar-refractivity contribution in [3.8, 4) is 0 Å². The molecule has 0 aliphatic heterocycles. The molecule has 0 spiro atoms. The first kappa shape index (κ1) is 13.2. The lowest BCUT2D eigenvalue weighted by Gasteiger charge is -2.05. The Morgan fingerprint density at radius 2 is 2.26 bits per heavy atom. The molecule has 0 bridgehead atoms. The van der Waals surface area contributed by atoms with E-state index in [1.807, 2.05) is 6.92 Å². The van der Waals surface area contributed by atoms with Crippen molar-refractivity contribution in [3.63, 3.8) is 0 Å². The number of nitrogens with one attached hydrogen (secondary N) is 1. The molecule has 2 rings (SSSR count). The van der Waals surface area contributed by atoms with Gasteiger partial charge in [0, 0.05) is 18.0 Å². The molecule has 2 heterocycles. The van der Waals surface area contributed by atoms with Gasteiger partial charge in [0.25, 0.3) is 5.56 Å². The van der Waals surface area contributed by atoms with Crippen LogP contribution in [0.15, 0.2) is 23.1 Å². The van der Waals surface area contributed by atoms with E-state index in [4.69, 9.17) is 5.73 Å². The third-order valence-corrected chi connectivity index (χ3v) is 3.32. The van der Waals surface area contributed by atoms with Crippen molar-refractivity contribution in [1.82, 2.24) is 14.8 Å². The van der Waals surface area contributed by atoms with Crippen LogP contribution in [0.3, 0.4) is 0 Å².